The summed E-state index contributed by atoms with van der Waals surface area (Å²) >= 11 is 0. The summed E-state index contributed by atoms with van der Waals surface area (Å²) in [6.07, 6.45) is 1.17. The first-order valence-corrected chi connectivity index (χ1v) is 9.00. The van der Waals surface area contributed by atoms with Crippen molar-refractivity contribution in [3.8, 4) is 11.5 Å². The van der Waals surface area contributed by atoms with Crippen LogP contribution in [-0.2, 0) is 4.79 Å². The zero-order chi connectivity index (χ0) is 19.0. The summed E-state index contributed by atoms with van der Waals surface area (Å²) in [5.41, 5.74) is 5.30. The molecule has 2 aromatic rings. The maximum absolute atomic E-state index is 13.0. The van der Waals surface area contributed by atoms with Gasteiger partial charge in [0.1, 0.15) is 0 Å². The maximum atomic E-state index is 13.0. The lowest BCUT2D eigenvalue weighted by molar-refractivity contribution is -0.115. The van der Waals surface area contributed by atoms with E-state index in [2.05, 4.69) is 5.32 Å². The van der Waals surface area contributed by atoms with Gasteiger partial charge in [0, 0.05) is 12.1 Å². The molecule has 1 aliphatic heterocycles. The molecule has 0 radical (unpaired) electrons. The zero-order valence-electron chi connectivity index (χ0n) is 15.7. The Balaban J connectivity index is 1.74. The van der Waals surface area contributed by atoms with Crippen LogP contribution in [-0.4, -0.2) is 25.7 Å². The number of hydrogen-bond donors (Lipinski definition) is 1. The van der Waals surface area contributed by atoms with Gasteiger partial charge in [-0.2, -0.15) is 0 Å². The van der Waals surface area contributed by atoms with E-state index in [9.17, 15) is 4.79 Å². The van der Waals surface area contributed by atoms with Crippen molar-refractivity contribution in [3.05, 3.63) is 59.3 Å². The number of carbonyl (C=O) groups excluding carboxylic acids is 1. The molecular formula is C22H22N2O3. The highest BCUT2D eigenvalue weighted by Crippen LogP contribution is 2.40. The number of Topliss-reactive ketones (excluding diaryl/α,β-unsaturated/α-hetero) is 1. The van der Waals surface area contributed by atoms with E-state index < -0.39 is 0 Å². The average molecular weight is 362 g/mol. The van der Waals surface area contributed by atoms with Crippen molar-refractivity contribution in [1.82, 2.24) is 0 Å². The summed E-state index contributed by atoms with van der Waals surface area (Å²) in [5.74, 6) is 1.55. The third-order valence-corrected chi connectivity index (χ3v) is 5.17. The summed E-state index contributed by atoms with van der Waals surface area (Å²) in [6.45, 7) is 1.95. The lowest BCUT2D eigenvalue weighted by Crippen LogP contribution is -2.26. The van der Waals surface area contributed by atoms with Crippen LogP contribution in [0.5, 0.6) is 11.5 Å². The number of ketones is 1. The summed E-state index contributed by atoms with van der Waals surface area (Å²) in [4.78, 5) is 17.8. The monoisotopic (exact) mass is 362 g/mol. The van der Waals surface area contributed by atoms with Crippen LogP contribution in [0.15, 0.2) is 58.7 Å². The van der Waals surface area contributed by atoms with E-state index in [1.807, 2.05) is 49.4 Å². The first kappa shape index (κ1) is 17.3. The lowest BCUT2D eigenvalue weighted by atomic mass is 9.79. The predicted octanol–water partition coefficient (Wildman–Crippen LogP) is 4.62. The van der Waals surface area contributed by atoms with Gasteiger partial charge in [-0.05, 0) is 49.1 Å². The molecule has 138 valence electrons. The molecule has 1 unspecified atom stereocenters. The van der Waals surface area contributed by atoms with E-state index in [0.29, 0.717) is 24.3 Å². The van der Waals surface area contributed by atoms with Gasteiger partial charge in [-0.15, -0.1) is 0 Å². The van der Waals surface area contributed by atoms with Gasteiger partial charge in [0.05, 0.1) is 36.9 Å². The Hall–Kier alpha value is -3.08. The molecule has 0 spiro atoms. The second kappa shape index (κ2) is 6.91. The van der Waals surface area contributed by atoms with Crippen molar-refractivity contribution in [2.75, 3.05) is 19.5 Å². The van der Waals surface area contributed by atoms with E-state index in [1.54, 1.807) is 14.2 Å². The van der Waals surface area contributed by atoms with E-state index in [0.717, 1.165) is 33.9 Å². The molecule has 2 aromatic carbocycles. The van der Waals surface area contributed by atoms with Gasteiger partial charge in [0.25, 0.3) is 0 Å². The van der Waals surface area contributed by atoms with E-state index >= 15 is 0 Å². The van der Waals surface area contributed by atoms with Crippen LogP contribution in [0.4, 0.5) is 11.4 Å². The minimum Gasteiger partial charge on any atom is -0.493 e. The Bertz CT molecular complexity index is 975. The molecule has 1 heterocycles. The van der Waals surface area contributed by atoms with E-state index in [-0.39, 0.29) is 11.7 Å². The molecule has 1 aliphatic carbocycles. The molecule has 27 heavy (non-hydrogen) atoms. The van der Waals surface area contributed by atoms with E-state index in [1.165, 1.54) is 0 Å². The van der Waals surface area contributed by atoms with Gasteiger partial charge >= 0.3 is 0 Å². The number of fused-ring (bicyclic) bond motifs is 2. The van der Waals surface area contributed by atoms with Crippen molar-refractivity contribution in [3.63, 3.8) is 0 Å². The molecule has 0 bridgehead atoms. The summed E-state index contributed by atoms with van der Waals surface area (Å²) in [6, 6.07) is 13.7. The van der Waals surface area contributed by atoms with Crippen LogP contribution in [0.3, 0.4) is 0 Å². The normalized spacial score (nSPS) is 18.7. The quantitative estimate of drug-likeness (QED) is 0.865. The Kier molecular flexibility index (Phi) is 4.44. The van der Waals surface area contributed by atoms with E-state index in [4.69, 9.17) is 14.5 Å². The number of hydrogen-bond acceptors (Lipinski definition) is 5. The first-order valence-electron chi connectivity index (χ1n) is 9.00. The molecule has 1 atom stereocenters. The fourth-order valence-corrected chi connectivity index (χ4v) is 3.85. The number of nitrogens with zero attached hydrogens (tertiary/aromatic N) is 1. The Labute approximate surface area is 158 Å². The molecule has 4 rings (SSSR count). The third kappa shape index (κ3) is 3.10. The van der Waals surface area contributed by atoms with Crippen molar-refractivity contribution in [2.24, 2.45) is 4.99 Å². The second-order valence-corrected chi connectivity index (χ2v) is 6.84. The Morgan fingerprint density at radius 2 is 1.81 bits per heavy atom. The minimum absolute atomic E-state index is 0.0675. The van der Waals surface area contributed by atoms with Crippen LogP contribution in [0, 0.1) is 0 Å². The van der Waals surface area contributed by atoms with Crippen molar-refractivity contribution in [2.45, 2.75) is 25.7 Å². The van der Waals surface area contributed by atoms with Crippen molar-refractivity contribution < 1.29 is 14.3 Å². The van der Waals surface area contributed by atoms with Crippen LogP contribution < -0.4 is 14.8 Å². The van der Waals surface area contributed by atoms with Crippen LogP contribution in [0.25, 0.3) is 0 Å². The Morgan fingerprint density at radius 3 is 2.59 bits per heavy atom. The third-order valence-electron chi connectivity index (χ3n) is 5.17. The largest absolute Gasteiger partial charge is 0.493 e. The molecule has 5 nitrogen and oxygen atoms in total. The fraction of sp³-hybridized carbons (Fsp3) is 0.273. The van der Waals surface area contributed by atoms with Gasteiger partial charge < -0.3 is 14.8 Å². The molecule has 1 N–H and O–H groups in total. The number of allylic oxidation sites excluding steroid dienone is 2. The number of ether oxygens (including phenoxy) is 2. The van der Waals surface area contributed by atoms with Crippen molar-refractivity contribution >= 4 is 22.9 Å². The summed E-state index contributed by atoms with van der Waals surface area (Å²) in [5, 5.41) is 3.35. The van der Waals surface area contributed by atoms with Crippen LogP contribution in [0.2, 0.25) is 0 Å². The molecule has 0 saturated heterocycles. The van der Waals surface area contributed by atoms with Gasteiger partial charge in [0.15, 0.2) is 17.3 Å². The number of rotatable bonds is 3. The van der Waals surface area contributed by atoms with Crippen LogP contribution >= 0.6 is 0 Å². The number of carbonyl (C=O) groups is 1. The molecule has 1 saturated carbocycles. The summed E-state index contributed by atoms with van der Waals surface area (Å²) < 4.78 is 10.7. The smallest absolute Gasteiger partial charge is 0.167 e. The fourth-order valence-electron chi connectivity index (χ4n) is 3.85. The predicted molar refractivity (Wildman–Crippen MR) is 106 cm³/mol. The van der Waals surface area contributed by atoms with Crippen molar-refractivity contribution in [1.29, 1.82) is 0 Å². The number of anilines is 1. The SMILES string of the molecule is COc1ccc(C2CC(=O)C3=C(C)Nc4ccccc4N=C3C2)cc1OC. The Morgan fingerprint density at radius 1 is 1.04 bits per heavy atom. The van der Waals surface area contributed by atoms with Gasteiger partial charge in [-0.1, -0.05) is 18.2 Å². The molecule has 0 aromatic heterocycles. The van der Waals surface area contributed by atoms with Crippen LogP contribution in [0.1, 0.15) is 31.2 Å². The lowest BCUT2D eigenvalue weighted by Gasteiger charge is -2.26. The topological polar surface area (TPSA) is 59.9 Å². The molecule has 2 aliphatic rings. The first-order chi connectivity index (χ1) is 13.1. The highest BCUT2D eigenvalue weighted by Gasteiger charge is 2.33. The maximum Gasteiger partial charge on any atom is 0.167 e. The number of aliphatic imine (C=N–C) groups is 1. The molecule has 0 amide bonds. The minimum atomic E-state index is 0.0675. The van der Waals surface area contributed by atoms with Gasteiger partial charge in [-0.3, -0.25) is 9.79 Å². The molecule has 5 heteroatoms. The highest BCUT2D eigenvalue weighted by atomic mass is 16.5. The molecular weight excluding hydrogens is 340 g/mol. The van der Waals surface area contributed by atoms with Gasteiger partial charge in [0.2, 0.25) is 0 Å². The number of nitrogens with one attached hydrogen (secondary N) is 1. The number of para-hydroxylation sites is 2. The second-order valence-electron chi connectivity index (χ2n) is 6.84. The summed E-state index contributed by atoms with van der Waals surface area (Å²) in [7, 11) is 3.24. The number of methoxy groups -OCH3 is 2. The average Bonchev–Trinajstić information content (AvgIpc) is 2.82. The molecule has 1 fully saturated rings. The standard InChI is InChI=1S/C22H22N2O3/c1-13-22-18(24-17-7-5-4-6-16(17)23-13)10-15(11-19(22)25)14-8-9-20(26-2)21(12-14)27-3/h4-9,12,15,23H,10-11H2,1-3H3. The zero-order valence-corrected chi connectivity index (χ0v) is 15.7. The van der Waals surface area contributed by atoms with Gasteiger partial charge in [-0.25, -0.2) is 0 Å². The highest BCUT2D eigenvalue weighted by molar-refractivity contribution is 6.26. The number of benzene rings is 2.